The molecule has 0 aliphatic carbocycles. The standard InChI is InChI=1S/C12H23NO3/c1-12(2,3)16-11(15)13-9-7-5-4-6-8-10(13)14/h10,14H,4-9H2,1-3H3. The van der Waals surface area contributed by atoms with Crippen molar-refractivity contribution in [2.75, 3.05) is 6.54 Å². The highest BCUT2D eigenvalue weighted by molar-refractivity contribution is 5.68. The van der Waals surface area contributed by atoms with E-state index in [1.807, 2.05) is 20.8 Å². The Morgan fingerprint density at radius 3 is 2.50 bits per heavy atom. The van der Waals surface area contributed by atoms with Gasteiger partial charge in [-0.1, -0.05) is 12.8 Å². The molecule has 1 aliphatic rings. The van der Waals surface area contributed by atoms with Crippen LogP contribution in [0.1, 0.15) is 52.9 Å². The zero-order valence-electron chi connectivity index (χ0n) is 10.5. The smallest absolute Gasteiger partial charge is 0.412 e. The van der Waals surface area contributed by atoms with Crippen molar-refractivity contribution >= 4 is 6.09 Å². The summed E-state index contributed by atoms with van der Waals surface area (Å²) in [6.07, 6.45) is 3.73. The topological polar surface area (TPSA) is 49.8 Å². The highest BCUT2D eigenvalue weighted by Crippen LogP contribution is 2.18. The molecule has 0 aromatic carbocycles. The number of aliphatic hydroxyl groups is 1. The van der Waals surface area contributed by atoms with Crippen LogP contribution in [0, 0.1) is 0 Å². The first kappa shape index (κ1) is 13.3. The fourth-order valence-corrected chi connectivity index (χ4v) is 1.80. The fourth-order valence-electron chi connectivity index (χ4n) is 1.80. The molecule has 1 atom stereocenters. The lowest BCUT2D eigenvalue weighted by Gasteiger charge is -2.32. The van der Waals surface area contributed by atoms with Gasteiger partial charge in [0.1, 0.15) is 11.8 Å². The van der Waals surface area contributed by atoms with Gasteiger partial charge in [0.05, 0.1) is 0 Å². The van der Waals surface area contributed by atoms with Gasteiger partial charge in [0.15, 0.2) is 0 Å². The quantitative estimate of drug-likeness (QED) is 0.694. The molecule has 0 aromatic heterocycles. The van der Waals surface area contributed by atoms with Crippen molar-refractivity contribution < 1.29 is 14.6 Å². The largest absolute Gasteiger partial charge is 0.444 e. The van der Waals surface area contributed by atoms with Crippen LogP contribution in [0.3, 0.4) is 0 Å². The number of hydrogen-bond acceptors (Lipinski definition) is 3. The number of nitrogens with zero attached hydrogens (tertiary/aromatic N) is 1. The van der Waals surface area contributed by atoms with E-state index in [-0.39, 0.29) is 0 Å². The second kappa shape index (κ2) is 5.53. The lowest BCUT2D eigenvalue weighted by atomic mass is 10.1. The Labute approximate surface area is 97.6 Å². The van der Waals surface area contributed by atoms with Crippen LogP contribution in [-0.4, -0.2) is 34.5 Å². The summed E-state index contributed by atoms with van der Waals surface area (Å²) in [6, 6.07) is 0. The monoisotopic (exact) mass is 229 g/mol. The number of ether oxygens (including phenoxy) is 1. The minimum atomic E-state index is -0.685. The first-order valence-corrected chi connectivity index (χ1v) is 6.08. The Morgan fingerprint density at radius 2 is 1.88 bits per heavy atom. The van der Waals surface area contributed by atoms with Gasteiger partial charge >= 0.3 is 6.09 Å². The molecule has 16 heavy (non-hydrogen) atoms. The first-order chi connectivity index (χ1) is 7.40. The Balaban J connectivity index is 2.56. The van der Waals surface area contributed by atoms with Crippen molar-refractivity contribution in [3.8, 4) is 0 Å². The Kier molecular flexibility index (Phi) is 4.59. The van der Waals surface area contributed by atoms with Gasteiger partial charge in [-0.3, -0.25) is 4.90 Å². The summed E-state index contributed by atoms with van der Waals surface area (Å²) < 4.78 is 5.27. The van der Waals surface area contributed by atoms with E-state index < -0.39 is 17.9 Å². The van der Waals surface area contributed by atoms with Gasteiger partial charge in [-0.2, -0.15) is 0 Å². The summed E-state index contributed by atoms with van der Waals surface area (Å²) in [5, 5.41) is 9.87. The molecule has 4 nitrogen and oxygen atoms in total. The van der Waals surface area contributed by atoms with E-state index in [9.17, 15) is 9.90 Å². The molecule has 1 unspecified atom stereocenters. The molecule has 4 heteroatoms. The molecule has 1 aliphatic heterocycles. The lowest BCUT2D eigenvalue weighted by molar-refractivity contribution is -0.0369. The van der Waals surface area contributed by atoms with Gasteiger partial charge in [-0.25, -0.2) is 4.79 Å². The first-order valence-electron chi connectivity index (χ1n) is 6.08. The van der Waals surface area contributed by atoms with E-state index >= 15 is 0 Å². The summed E-state index contributed by atoms with van der Waals surface area (Å²) in [5.41, 5.74) is -0.501. The molecule has 1 fully saturated rings. The van der Waals surface area contributed by atoms with E-state index in [1.54, 1.807) is 0 Å². The van der Waals surface area contributed by atoms with Crippen LogP contribution >= 0.6 is 0 Å². The van der Waals surface area contributed by atoms with Crippen molar-refractivity contribution in [2.24, 2.45) is 0 Å². The van der Waals surface area contributed by atoms with Gasteiger partial charge in [0, 0.05) is 6.54 Å². The van der Waals surface area contributed by atoms with Gasteiger partial charge in [-0.15, -0.1) is 0 Å². The molecule has 0 aromatic rings. The lowest BCUT2D eigenvalue weighted by Crippen LogP contribution is -2.44. The predicted molar refractivity (Wildman–Crippen MR) is 62.0 cm³/mol. The number of amides is 1. The SMILES string of the molecule is CC(C)(C)OC(=O)N1CCCCCCC1O. The van der Waals surface area contributed by atoms with Crippen molar-refractivity contribution in [2.45, 2.75) is 64.7 Å². The Morgan fingerprint density at radius 1 is 1.25 bits per heavy atom. The average Bonchev–Trinajstić information content (AvgIpc) is 2.08. The third-order valence-electron chi connectivity index (χ3n) is 2.60. The maximum atomic E-state index is 11.8. The van der Waals surface area contributed by atoms with E-state index in [2.05, 4.69) is 0 Å². The van der Waals surface area contributed by atoms with Crippen molar-refractivity contribution in [1.82, 2.24) is 4.90 Å². The number of carbonyl (C=O) groups is 1. The molecule has 94 valence electrons. The van der Waals surface area contributed by atoms with E-state index in [0.29, 0.717) is 13.0 Å². The van der Waals surface area contributed by atoms with E-state index in [0.717, 1.165) is 25.7 Å². The minimum Gasteiger partial charge on any atom is -0.444 e. The van der Waals surface area contributed by atoms with Gasteiger partial charge < -0.3 is 9.84 Å². The fraction of sp³-hybridized carbons (Fsp3) is 0.917. The molecule has 1 heterocycles. The predicted octanol–water partition coefficient (Wildman–Crippen LogP) is 2.51. The average molecular weight is 229 g/mol. The number of likely N-dealkylation sites (tertiary alicyclic amines) is 1. The van der Waals surface area contributed by atoms with Crippen molar-refractivity contribution in [1.29, 1.82) is 0 Å². The Hall–Kier alpha value is -0.770. The molecular formula is C12H23NO3. The molecule has 0 bridgehead atoms. The second-order valence-electron chi connectivity index (χ2n) is 5.36. The molecule has 1 amide bonds. The Bertz CT molecular complexity index is 235. The van der Waals surface area contributed by atoms with Crippen LogP contribution in [0.25, 0.3) is 0 Å². The normalized spacial score (nSPS) is 23.5. The van der Waals surface area contributed by atoms with Crippen molar-refractivity contribution in [3.63, 3.8) is 0 Å². The van der Waals surface area contributed by atoms with E-state index in [1.165, 1.54) is 4.90 Å². The second-order valence-corrected chi connectivity index (χ2v) is 5.36. The number of rotatable bonds is 0. The molecular weight excluding hydrogens is 206 g/mol. The zero-order chi connectivity index (χ0) is 12.2. The van der Waals surface area contributed by atoms with Gasteiger partial charge in [0.2, 0.25) is 0 Å². The highest BCUT2D eigenvalue weighted by atomic mass is 16.6. The third-order valence-corrected chi connectivity index (χ3v) is 2.60. The molecule has 0 saturated carbocycles. The number of carbonyl (C=O) groups excluding carboxylic acids is 1. The summed E-state index contributed by atoms with van der Waals surface area (Å²) in [6.45, 7) is 6.10. The van der Waals surface area contributed by atoms with Crippen LogP contribution in [0.15, 0.2) is 0 Å². The maximum Gasteiger partial charge on any atom is 0.412 e. The summed E-state index contributed by atoms with van der Waals surface area (Å²) in [5.74, 6) is 0. The summed E-state index contributed by atoms with van der Waals surface area (Å²) >= 11 is 0. The maximum absolute atomic E-state index is 11.8. The van der Waals surface area contributed by atoms with Crippen LogP contribution in [0.2, 0.25) is 0 Å². The minimum absolute atomic E-state index is 0.401. The summed E-state index contributed by atoms with van der Waals surface area (Å²) in [4.78, 5) is 13.3. The van der Waals surface area contributed by atoms with Crippen molar-refractivity contribution in [3.05, 3.63) is 0 Å². The van der Waals surface area contributed by atoms with Crippen LogP contribution < -0.4 is 0 Å². The molecule has 1 rings (SSSR count). The van der Waals surface area contributed by atoms with Crippen LogP contribution in [0.4, 0.5) is 4.79 Å². The van der Waals surface area contributed by atoms with Gasteiger partial charge in [-0.05, 0) is 40.0 Å². The number of hydrogen-bond donors (Lipinski definition) is 1. The molecule has 1 N–H and O–H groups in total. The molecule has 0 spiro atoms. The zero-order valence-corrected chi connectivity index (χ0v) is 10.5. The highest BCUT2D eigenvalue weighted by Gasteiger charge is 2.27. The number of aliphatic hydroxyl groups excluding tert-OH is 1. The third kappa shape index (κ3) is 4.39. The van der Waals surface area contributed by atoms with Gasteiger partial charge in [0.25, 0.3) is 0 Å². The van der Waals surface area contributed by atoms with E-state index in [4.69, 9.17) is 4.74 Å². The molecule has 0 radical (unpaired) electrons. The van der Waals surface area contributed by atoms with Crippen LogP contribution in [-0.2, 0) is 4.74 Å². The summed E-state index contributed by atoms with van der Waals surface area (Å²) in [7, 11) is 0. The molecule has 1 saturated heterocycles. The van der Waals surface area contributed by atoms with Crippen LogP contribution in [0.5, 0.6) is 0 Å².